The van der Waals surface area contributed by atoms with Crippen LogP contribution in [0, 0.1) is 6.92 Å². The second-order valence-corrected chi connectivity index (χ2v) is 4.00. The Kier molecular flexibility index (Phi) is 2.48. The average molecular weight is 269 g/mol. The summed E-state index contributed by atoms with van der Waals surface area (Å²) in [6.07, 6.45) is 1.82. The lowest BCUT2D eigenvalue weighted by atomic mass is 10.2. The van der Waals surface area contributed by atoms with Crippen LogP contribution in [0.2, 0.25) is 0 Å². The summed E-state index contributed by atoms with van der Waals surface area (Å²) < 4.78 is 5.56. The molecule has 5 heteroatoms. The molecule has 1 N–H and O–H groups in total. The fourth-order valence-corrected chi connectivity index (χ4v) is 2.13. The van der Waals surface area contributed by atoms with Gasteiger partial charge in [0.25, 0.3) is 0 Å². The number of rotatable bonds is 1. The van der Waals surface area contributed by atoms with Crippen molar-refractivity contribution in [1.82, 2.24) is 9.97 Å². The summed E-state index contributed by atoms with van der Waals surface area (Å²) in [4.78, 5) is 18.5. The Hall–Kier alpha value is -1.36. The number of H-pyrrole nitrogens is 1. The van der Waals surface area contributed by atoms with Crippen LogP contribution in [0.1, 0.15) is 16.2 Å². The van der Waals surface area contributed by atoms with E-state index in [2.05, 4.69) is 30.6 Å². The van der Waals surface area contributed by atoms with Gasteiger partial charge in [-0.15, -0.1) is 0 Å². The summed E-state index contributed by atoms with van der Waals surface area (Å²) >= 11 is 3.41. The van der Waals surface area contributed by atoms with Gasteiger partial charge in [-0.25, -0.2) is 9.78 Å². The summed E-state index contributed by atoms with van der Waals surface area (Å²) in [5, 5.41) is 0.989. The van der Waals surface area contributed by atoms with Crippen LogP contribution >= 0.6 is 15.9 Å². The maximum absolute atomic E-state index is 11.3. The fraction of sp³-hybridized carbons (Fsp3) is 0.200. The lowest BCUT2D eigenvalue weighted by Gasteiger charge is -2.01. The predicted octanol–water partition coefficient (Wildman–Crippen LogP) is 2.42. The Morgan fingerprint density at radius 3 is 3.00 bits per heavy atom. The van der Waals surface area contributed by atoms with E-state index in [9.17, 15) is 4.79 Å². The molecule has 0 aromatic carbocycles. The number of methoxy groups -OCH3 is 1. The molecule has 2 rings (SSSR count). The second-order valence-electron chi connectivity index (χ2n) is 3.14. The number of esters is 1. The van der Waals surface area contributed by atoms with Crippen LogP contribution in [0.3, 0.4) is 0 Å². The van der Waals surface area contributed by atoms with Crippen molar-refractivity contribution in [3.8, 4) is 0 Å². The molecule has 4 nitrogen and oxygen atoms in total. The van der Waals surface area contributed by atoms with Crippen LogP contribution in [-0.4, -0.2) is 23.0 Å². The first kappa shape index (κ1) is 10.2. The molecule has 0 radical (unpaired) electrons. The number of nitrogens with zero attached hydrogens (tertiary/aromatic N) is 1. The smallest absolute Gasteiger partial charge is 0.356 e. The Morgan fingerprint density at radius 1 is 1.60 bits per heavy atom. The van der Waals surface area contributed by atoms with Crippen molar-refractivity contribution in [2.24, 2.45) is 0 Å². The van der Waals surface area contributed by atoms with Gasteiger partial charge in [0.2, 0.25) is 0 Å². The predicted molar refractivity (Wildman–Crippen MR) is 59.9 cm³/mol. The molecule has 0 aliphatic rings. The largest absolute Gasteiger partial charge is 0.464 e. The SMILES string of the molecule is COC(=O)c1cc2[nH]cc(Br)c2c(C)n1. The molecule has 0 aliphatic heterocycles. The van der Waals surface area contributed by atoms with Crippen molar-refractivity contribution in [3.05, 3.63) is 28.1 Å². The van der Waals surface area contributed by atoms with Crippen molar-refractivity contribution >= 4 is 32.8 Å². The standard InChI is InChI=1S/C10H9BrN2O2/c1-5-9-6(11)4-12-7(9)3-8(13-5)10(14)15-2/h3-4,12H,1-2H3. The van der Waals surface area contributed by atoms with E-state index in [0.29, 0.717) is 5.69 Å². The number of hydrogen-bond acceptors (Lipinski definition) is 3. The Balaban J connectivity index is 2.68. The maximum Gasteiger partial charge on any atom is 0.356 e. The average Bonchev–Trinajstić information content (AvgIpc) is 2.59. The highest BCUT2D eigenvalue weighted by Gasteiger charge is 2.12. The highest BCUT2D eigenvalue weighted by atomic mass is 79.9. The highest BCUT2D eigenvalue weighted by Crippen LogP contribution is 2.26. The Bertz CT molecular complexity index is 533. The van der Waals surface area contributed by atoms with E-state index in [0.717, 1.165) is 21.1 Å². The quantitative estimate of drug-likeness (QED) is 0.809. The molecular weight excluding hydrogens is 260 g/mol. The van der Waals surface area contributed by atoms with Crippen LogP contribution in [0.5, 0.6) is 0 Å². The molecule has 2 aromatic rings. The van der Waals surface area contributed by atoms with Gasteiger partial charge in [-0.1, -0.05) is 0 Å². The number of aryl methyl sites for hydroxylation is 1. The number of fused-ring (bicyclic) bond motifs is 1. The lowest BCUT2D eigenvalue weighted by Crippen LogP contribution is -2.05. The van der Waals surface area contributed by atoms with Crippen molar-refractivity contribution in [1.29, 1.82) is 0 Å². The van der Waals surface area contributed by atoms with Crippen LogP contribution in [0.25, 0.3) is 10.9 Å². The first-order chi connectivity index (χ1) is 7.13. The van der Waals surface area contributed by atoms with Gasteiger partial charge in [-0.05, 0) is 28.9 Å². The molecule has 0 bridgehead atoms. The lowest BCUT2D eigenvalue weighted by molar-refractivity contribution is 0.0594. The minimum Gasteiger partial charge on any atom is -0.464 e. The Morgan fingerprint density at radius 2 is 2.33 bits per heavy atom. The fourth-order valence-electron chi connectivity index (χ4n) is 1.51. The van der Waals surface area contributed by atoms with Gasteiger partial charge in [0.15, 0.2) is 5.69 Å². The molecule has 0 amide bonds. The van der Waals surface area contributed by atoms with E-state index in [4.69, 9.17) is 0 Å². The number of pyridine rings is 1. The van der Waals surface area contributed by atoms with Gasteiger partial charge in [0.05, 0.1) is 12.6 Å². The number of aromatic nitrogens is 2. The molecule has 0 saturated heterocycles. The number of carbonyl (C=O) groups is 1. The molecule has 15 heavy (non-hydrogen) atoms. The van der Waals surface area contributed by atoms with Crippen molar-refractivity contribution in [3.63, 3.8) is 0 Å². The molecule has 0 atom stereocenters. The molecule has 0 fully saturated rings. The van der Waals surface area contributed by atoms with E-state index in [1.165, 1.54) is 7.11 Å². The van der Waals surface area contributed by atoms with Gasteiger partial charge >= 0.3 is 5.97 Å². The molecule has 0 spiro atoms. The minimum atomic E-state index is -0.425. The summed E-state index contributed by atoms with van der Waals surface area (Å²) in [7, 11) is 1.34. The van der Waals surface area contributed by atoms with E-state index in [1.54, 1.807) is 6.07 Å². The van der Waals surface area contributed by atoms with E-state index >= 15 is 0 Å². The van der Waals surface area contributed by atoms with Gasteiger partial charge in [0.1, 0.15) is 0 Å². The van der Waals surface area contributed by atoms with Crippen molar-refractivity contribution in [2.75, 3.05) is 7.11 Å². The molecule has 0 aliphatic carbocycles. The molecule has 2 aromatic heterocycles. The second kappa shape index (κ2) is 3.66. The molecule has 2 heterocycles. The summed E-state index contributed by atoms with van der Waals surface area (Å²) in [5.41, 5.74) is 1.98. The molecule has 0 saturated carbocycles. The normalized spacial score (nSPS) is 10.6. The van der Waals surface area contributed by atoms with Crippen molar-refractivity contribution in [2.45, 2.75) is 6.92 Å². The van der Waals surface area contributed by atoms with Crippen LogP contribution in [0.4, 0.5) is 0 Å². The first-order valence-corrected chi connectivity index (χ1v) is 5.15. The monoisotopic (exact) mass is 268 g/mol. The highest BCUT2D eigenvalue weighted by molar-refractivity contribution is 9.10. The van der Waals surface area contributed by atoms with Crippen LogP contribution < -0.4 is 0 Å². The number of nitrogens with one attached hydrogen (secondary N) is 1. The summed E-state index contributed by atoms with van der Waals surface area (Å²) in [6.45, 7) is 1.85. The third-order valence-corrected chi connectivity index (χ3v) is 2.81. The van der Waals surface area contributed by atoms with Gasteiger partial charge < -0.3 is 9.72 Å². The Labute approximate surface area is 94.8 Å². The molecule has 0 unspecified atom stereocenters. The van der Waals surface area contributed by atoms with Gasteiger partial charge in [-0.3, -0.25) is 0 Å². The zero-order valence-electron chi connectivity index (χ0n) is 8.30. The zero-order chi connectivity index (χ0) is 11.0. The van der Waals surface area contributed by atoms with Crippen molar-refractivity contribution < 1.29 is 9.53 Å². The zero-order valence-corrected chi connectivity index (χ0v) is 9.88. The van der Waals surface area contributed by atoms with Gasteiger partial charge in [0, 0.05) is 21.7 Å². The first-order valence-electron chi connectivity index (χ1n) is 4.36. The topological polar surface area (TPSA) is 55.0 Å². The van der Waals surface area contributed by atoms with Gasteiger partial charge in [-0.2, -0.15) is 0 Å². The van der Waals surface area contributed by atoms with Crippen LogP contribution in [0.15, 0.2) is 16.7 Å². The minimum absolute atomic E-state index is 0.317. The van der Waals surface area contributed by atoms with Crippen LogP contribution in [-0.2, 0) is 4.74 Å². The molecule has 78 valence electrons. The number of carbonyl (C=O) groups excluding carboxylic acids is 1. The third-order valence-electron chi connectivity index (χ3n) is 2.19. The van der Waals surface area contributed by atoms with E-state index < -0.39 is 5.97 Å². The number of hydrogen-bond donors (Lipinski definition) is 1. The van der Waals surface area contributed by atoms with E-state index in [1.807, 2.05) is 13.1 Å². The van der Waals surface area contributed by atoms with E-state index in [-0.39, 0.29) is 0 Å². The maximum atomic E-state index is 11.3. The molecular formula is C10H9BrN2O2. The summed E-state index contributed by atoms with van der Waals surface area (Å²) in [5.74, 6) is -0.425. The number of aromatic amines is 1. The third kappa shape index (κ3) is 1.63. The summed E-state index contributed by atoms with van der Waals surface area (Å²) in [6, 6.07) is 1.68. The number of halogens is 1. The number of ether oxygens (including phenoxy) is 1.